The van der Waals surface area contributed by atoms with Crippen LogP contribution in [0.2, 0.25) is 0 Å². The number of nitrogens with one attached hydrogen (secondary N) is 1. The number of carbonyl (C=O) groups is 1. The van der Waals surface area contributed by atoms with Crippen LogP contribution < -0.4 is 10.2 Å². The van der Waals surface area contributed by atoms with E-state index in [4.69, 9.17) is 4.74 Å². The molecule has 0 spiro atoms. The Morgan fingerprint density at radius 3 is 2.89 bits per heavy atom. The monoisotopic (exact) mass is 439 g/mol. The molecule has 0 saturated carbocycles. The van der Waals surface area contributed by atoms with Gasteiger partial charge in [0, 0.05) is 10.0 Å². The van der Waals surface area contributed by atoms with Crippen molar-refractivity contribution in [3.05, 3.63) is 63.1 Å². The van der Waals surface area contributed by atoms with Crippen LogP contribution in [0, 0.1) is 11.3 Å². The molecule has 0 heterocycles. The minimum absolute atomic E-state index is 0.0372. The molecule has 2 aromatic rings. The van der Waals surface area contributed by atoms with Crippen molar-refractivity contribution in [3.63, 3.8) is 0 Å². The maximum absolute atomic E-state index is 12.5. The highest BCUT2D eigenvalue weighted by molar-refractivity contribution is 9.10. The Labute approximate surface area is 171 Å². The van der Waals surface area contributed by atoms with Gasteiger partial charge in [0.1, 0.15) is 23.1 Å². The van der Waals surface area contributed by atoms with Crippen LogP contribution in [0.4, 0.5) is 0 Å². The first-order valence-corrected chi connectivity index (χ1v) is 9.45. The molecule has 142 valence electrons. The molecule has 6 nitrogen and oxygen atoms in total. The van der Waals surface area contributed by atoms with Crippen LogP contribution in [0.3, 0.4) is 0 Å². The van der Waals surface area contributed by atoms with Gasteiger partial charge in [-0.05, 0) is 66.3 Å². The zero-order valence-electron chi connectivity index (χ0n) is 15.2. The number of benzene rings is 2. The number of phenolic OH excluding ortho intramolecular Hbond substituents is 1. The van der Waals surface area contributed by atoms with E-state index in [0.717, 1.165) is 34.2 Å². The maximum Gasteiger partial charge on any atom is 0.282 e. The van der Waals surface area contributed by atoms with E-state index in [1.54, 1.807) is 19.2 Å². The van der Waals surface area contributed by atoms with Gasteiger partial charge in [-0.3, -0.25) is 4.79 Å². The Balaban J connectivity index is 1.86. The van der Waals surface area contributed by atoms with Gasteiger partial charge in [-0.25, -0.2) is 5.43 Å². The second-order valence-electron chi connectivity index (χ2n) is 6.24. The maximum atomic E-state index is 12.5. The fourth-order valence-corrected chi connectivity index (χ4v) is 3.53. The minimum atomic E-state index is -0.577. The van der Waals surface area contributed by atoms with E-state index in [0.29, 0.717) is 17.6 Å². The summed E-state index contributed by atoms with van der Waals surface area (Å²) in [6.07, 6.45) is 3.70. The third-order valence-corrected chi connectivity index (χ3v) is 5.00. The Morgan fingerprint density at radius 2 is 2.14 bits per heavy atom. The number of rotatable bonds is 4. The average molecular weight is 440 g/mol. The molecule has 28 heavy (non-hydrogen) atoms. The van der Waals surface area contributed by atoms with Crippen molar-refractivity contribution in [1.29, 1.82) is 5.26 Å². The van der Waals surface area contributed by atoms with Gasteiger partial charge in [0.05, 0.1) is 13.3 Å². The Kier molecular flexibility index (Phi) is 6.12. The van der Waals surface area contributed by atoms with Crippen LogP contribution in [-0.4, -0.2) is 24.3 Å². The summed E-state index contributed by atoms with van der Waals surface area (Å²) >= 11 is 3.31. The zero-order valence-corrected chi connectivity index (χ0v) is 16.8. The number of hydrogen-bond acceptors (Lipinski definition) is 5. The first-order valence-electron chi connectivity index (χ1n) is 8.66. The summed E-state index contributed by atoms with van der Waals surface area (Å²) in [5.74, 6) is 0.212. The number of phenols is 1. The number of fused-ring (bicyclic) bond motifs is 1. The van der Waals surface area contributed by atoms with E-state index >= 15 is 0 Å². The highest BCUT2D eigenvalue weighted by Gasteiger charge is 2.22. The van der Waals surface area contributed by atoms with Gasteiger partial charge < -0.3 is 9.84 Å². The summed E-state index contributed by atoms with van der Waals surface area (Å²) in [5, 5.41) is 23.3. The lowest BCUT2D eigenvalue weighted by atomic mass is 9.84. The summed E-state index contributed by atoms with van der Waals surface area (Å²) in [7, 11) is 1.61. The molecular weight excluding hydrogens is 422 g/mol. The number of hydrogen-bond donors (Lipinski definition) is 2. The lowest BCUT2D eigenvalue weighted by molar-refractivity contribution is -0.117. The smallest absolute Gasteiger partial charge is 0.282 e. The van der Waals surface area contributed by atoms with Crippen molar-refractivity contribution >= 4 is 33.6 Å². The summed E-state index contributed by atoms with van der Waals surface area (Å²) in [6.45, 7) is 0. The molecule has 1 aliphatic rings. The number of halogens is 1. The number of nitriles is 1. The third-order valence-electron chi connectivity index (χ3n) is 4.51. The van der Waals surface area contributed by atoms with Gasteiger partial charge in [-0.2, -0.15) is 10.4 Å². The molecule has 2 N–H and O–H groups in total. The molecule has 1 aliphatic carbocycles. The molecule has 1 amide bonds. The van der Waals surface area contributed by atoms with Crippen LogP contribution in [0.5, 0.6) is 11.5 Å². The molecule has 0 saturated heterocycles. The Morgan fingerprint density at radius 1 is 1.32 bits per heavy atom. The van der Waals surface area contributed by atoms with E-state index in [9.17, 15) is 15.2 Å². The van der Waals surface area contributed by atoms with Crippen molar-refractivity contribution in [3.8, 4) is 17.6 Å². The number of hydrazone groups is 1. The number of ether oxygens (including phenoxy) is 1. The van der Waals surface area contributed by atoms with Crippen molar-refractivity contribution in [2.24, 2.45) is 5.10 Å². The molecule has 7 heteroatoms. The van der Waals surface area contributed by atoms with Gasteiger partial charge in [0.15, 0.2) is 0 Å². The van der Waals surface area contributed by atoms with E-state index in [1.165, 1.54) is 12.3 Å². The van der Waals surface area contributed by atoms with E-state index < -0.39 is 5.91 Å². The molecule has 0 radical (unpaired) electrons. The van der Waals surface area contributed by atoms with Crippen LogP contribution in [0.1, 0.15) is 29.5 Å². The molecular formula is C21H18BrN3O3. The summed E-state index contributed by atoms with van der Waals surface area (Å²) in [6, 6.07) is 12.5. The number of methoxy groups -OCH3 is 1. The van der Waals surface area contributed by atoms with Crippen molar-refractivity contribution in [2.75, 3.05) is 7.11 Å². The second-order valence-corrected chi connectivity index (χ2v) is 7.16. The second kappa shape index (κ2) is 8.72. The minimum Gasteiger partial charge on any atom is -0.507 e. The fraction of sp³-hybridized carbons (Fsp3) is 0.190. The van der Waals surface area contributed by atoms with Gasteiger partial charge in [0.2, 0.25) is 0 Å². The highest BCUT2D eigenvalue weighted by atomic mass is 79.9. The van der Waals surface area contributed by atoms with Crippen molar-refractivity contribution in [2.45, 2.75) is 19.3 Å². The van der Waals surface area contributed by atoms with Gasteiger partial charge in [-0.15, -0.1) is 0 Å². The number of nitrogens with zero attached hydrogens (tertiary/aromatic N) is 2. The van der Waals surface area contributed by atoms with E-state index in [1.807, 2.05) is 24.3 Å². The number of amides is 1. The molecule has 0 unspecified atom stereocenters. The predicted molar refractivity (Wildman–Crippen MR) is 110 cm³/mol. The van der Waals surface area contributed by atoms with Gasteiger partial charge in [-0.1, -0.05) is 22.0 Å². The third kappa shape index (κ3) is 4.24. The molecule has 0 aliphatic heterocycles. The first-order chi connectivity index (χ1) is 13.5. The summed E-state index contributed by atoms with van der Waals surface area (Å²) in [4.78, 5) is 12.5. The first kappa shape index (κ1) is 19.6. The van der Waals surface area contributed by atoms with Crippen LogP contribution in [0.15, 0.2) is 51.5 Å². The summed E-state index contributed by atoms with van der Waals surface area (Å²) < 4.78 is 6.03. The lowest BCUT2D eigenvalue weighted by Gasteiger charge is -2.20. The summed E-state index contributed by atoms with van der Waals surface area (Å²) in [5.41, 5.74) is 5.53. The lowest BCUT2D eigenvalue weighted by Crippen LogP contribution is -2.21. The van der Waals surface area contributed by atoms with Gasteiger partial charge in [0.25, 0.3) is 5.91 Å². The zero-order chi connectivity index (χ0) is 20.1. The van der Waals surface area contributed by atoms with Crippen molar-refractivity contribution in [1.82, 2.24) is 5.43 Å². The standard InChI is InChI=1S/C21H18BrN3O3/c1-28-16-6-7-17-13(10-16)3-2-4-18(17)19(11-23)21(27)25-24-12-14-9-15(22)5-8-20(14)26/h5-10,12,26H,2-4H2,1H3,(H,25,27). The fourth-order valence-electron chi connectivity index (χ4n) is 3.15. The average Bonchev–Trinajstić information content (AvgIpc) is 2.70. The number of carbonyl (C=O) groups excluding carboxylic acids is 1. The topological polar surface area (TPSA) is 94.7 Å². The largest absolute Gasteiger partial charge is 0.507 e. The van der Waals surface area contributed by atoms with Crippen LogP contribution >= 0.6 is 15.9 Å². The number of allylic oxidation sites excluding steroid dienone is 1. The number of aryl methyl sites for hydroxylation is 1. The van der Waals surface area contributed by atoms with Gasteiger partial charge >= 0.3 is 0 Å². The number of aromatic hydroxyl groups is 1. The van der Waals surface area contributed by atoms with Crippen molar-refractivity contribution < 1.29 is 14.6 Å². The Hall–Kier alpha value is -3.11. The SMILES string of the molecule is COc1ccc2c(c1)CCCC2=C(C#N)C(=O)NN=Cc1cc(Br)ccc1O. The highest BCUT2D eigenvalue weighted by Crippen LogP contribution is 2.35. The van der Waals surface area contributed by atoms with Crippen LogP contribution in [0.25, 0.3) is 5.57 Å². The van der Waals surface area contributed by atoms with Crippen LogP contribution in [-0.2, 0) is 11.2 Å². The van der Waals surface area contributed by atoms with E-state index in [-0.39, 0.29) is 11.3 Å². The molecule has 0 fully saturated rings. The van der Waals surface area contributed by atoms with E-state index in [2.05, 4.69) is 26.5 Å². The molecule has 0 atom stereocenters. The molecule has 0 aromatic heterocycles. The molecule has 3 rings (SSSR count). The predicted octanol–water partition coefficient (Wildman–Crippen LogP) is 3.93. The normalized spacial score (nSPS) is 14.9. The quantitative estimate of drug-likeness (QED) is 0.326. The Bertz CT molecular complexity index is 1020. The molecule has 2 aromatic carbocycles. The molecule has 0 bridgehead atoms.